The molecule has 0 saturated carbocycles. The fourth-order valence-corrected chi connectivity index (χ4v) is 4.96. The van der Waals surface area contributed by atoms with Crippen LogP contribution in [0.3, 0.4) is 0 Å². The Labute approximate surface area is 310 Å². The van der Waals surface area contributed by atoms with Crippen LogP contribution in [0.2, 0.25) is 0 Å². The maximum atomic E-state index is 13.8. The molecule has 0 radical (unpaired) electrons. The quantitative estimate of drug-likeness (QED) is 0.166. The summed E-state index contributed by atoms with van der Waals surface area (Å²) >= 11 is 6.61. The molecule has 1 aromatic carbocycles. The summed E-state index contributed by atoms with van der Waals surface area (Å²) in [4.78, 5) is 38.3. The molecule has 0 bridgehead atoms. The Hall–Kier alpha value is -3.29. The normalized spacial score (nSPS) is 18.0. The number of carboxylic acid groups (broad SMARTS) is 1. The number of halogens is 1. The Morgan fingerprint density at radius 2 is 1.64 bits per heavy atom. The van der Waals surface area contributed by atoms with Gasteiger partial charge in [0.25, 0.3) is 5.91 Å². The third-order valence-electron chi connectivity index (χ3n) is 8.70. The van der Waals surface area contributed by atoms with Gasteiger partial charge in [-0.05, 0) is 102 Å². The van der Waals surface area contributed by atoms with Crippen molar-refractivity contribution in [3.05, 3.63) is 82.5 Å². The lowest BCUT2D eigenvalue weighted by Crippen LogP contribution is -2.49. The second kappa shape index (κ2) is 23.2. The molecule has 0 aliphatic carbocycles. The van der Waals surface area contributed by atoms with Crippen LogP contribution in [0.1, 0.15) is 114 Å². The number of carboxylic acids is 1. The third kappa shape index (κ3) is 18.6. The van der Waals surface area contributed by atoms with Crippen molar-refractivity contribution in [2.75, 3.05) is 13.6 Å². The molecule has 282 valence electrons. The number of allylic oxidation sites excluding steroid dienone is 5. The fourth-order valence-electron chi connectivity index (χ4n) is 4.66. The summed E-state index contributed by atoms with van der Waals surface area (Å²) < 4.78 is 0. The topological polar surface area (TPSA) is 99.1 Å². The zero-order valence-electron chi connectivity index (χ0n) is 33.7. The van der Waals surface area contributed by atoms with Crippen molar-refractivity contribution in [1.29, 1.82) is 0 Å². The highest BCUT2D eigenvalue weighted by Gasteiger charge is 2.45. The number of hydrogen-bond donors (Lipinski definition) is 2. The van der Waals surface area contributed by atoms with Crippen molar-refractivity contribution in [2.24, 2.45) is 21.7 Å². The highest BCUT2D eigenvalue weighted by atomic mass is 35.5. The zero-order valence-corrected chi connectivity index (χ0v) is 34.4. The van der Waals surface area contributed by atoms with E-state index in [4.69, 9.17) is 26.5 Å². The number of aliphatic imine (C=N–C) groups is 1. The molecule has 8 heteroatoms. The van der Waals surface area contributed by atoms with Gasteiger partial charge in [-0.2, -0.15) is 0 Å². The number of likely N-dealkylation sites (N-methyl/N-ethyl adjacent to an activating group) is 1. The number of nitrogens with zero attached hydrogens (tertiary/aromatic N) is 2. The van der Waals surface area contributed by atoms with E-state index in [-0.39, 0.29) is 29.3 Å². The van der Waals surface area contributed by atoms with Gasteiger partial charge in [-0.3, -0.25) is 9.59 Å². The molecule has 2 unspecified atom stereocenters. The molecule has 7 nitrogen and oxygen atoms in total. The molecule has 1 heterocycles. The van der Waals surface area contributed by atoms with Crippen molar-refractivity contribution in [3.8, 4) is 0 Å². The van der Waals surface area contributed by atoms with E-state index >= 15 is 0 Å². The Morgan fingerprint density at radius 3 is 2.02 bits per heavy atom. The molecule has 1 aliphatic rings. The number of rotatable bonds is 12. The van der Waals surface area contributed by atoms with Crippen LogP contribution in [0.4, 0.5) is 0 Å². The molecule has 3 atom stereocenters. The average molecular weight is 714 g/mol. The van der Waals surface area contributed by atoms with E-state index in [1.807, 2.05) is 49.8 Å². The van der Waals surface area contributed by atoms with Crippen molar-refractivity contribution in [2.45, 2.75) is 127 Å². The van der Waals surface area contributed by atoms with Crippen LogP contribution in [0.5, 0.6) is 0 Å². The van der Waals surface area contributed by atoms with E-state index < -0.39 is 11.6 Å². The lowest BCUT2D eigenvalue weighted by Gasteiger charge is -2.37. The largest absolute Gasteiger partial charge is 0.480 e. The van der Waals surface area contributed by atoms with Gasteiger partial charge in [0.1, 0.15) is 12.5 Å². The molecule has 1 amide bonds. The van der Waals surface area contributed by atoms with Gasteiger partial charge in [-0.15, -0.1) is 0 Å². The van der Waals surface area contributed by atoms with Gasteiger partial charge in [0, 0.05) is 16.6 Å². The van der Waals surface area contributed by atoms with Gasteiger partial charge in [-0.25, -0.2) is 4.99 Å². The summed E-state index contributed by atoms with van der Waals surface area (Å²) in [6.07, 6.45) is 10.1. The highest BCUT2D eigenvalue weighted by molar-refractivity contribution is 6.48. The number of nitrogens with one attached hydrogen (secondary N) is 1. The van der Waals surface area contributed by atoms with E-state index in [0.29, 0.717) is 22.2 Å². The van der Waals surface area contributed by atoms with Crippen LogP contribution in [-0.4, -0.2) is 59.7 Å². The van der Waals surface area contributed by atoms with E-state index in [0.717, 1.165) is 31.3 Å². The van der Waals surface area contributed by atoms with Gasteiger partial charge < -0.3 is 20.1 Å². The summed E-state index contributed by atoms with van der Waals surface area (Å²) in [5.74, 6) is -0.368. The zero-order chi connectivity index (χ0) is 39.5. The third-order valence-corrected chi connectivity index (χ3v) is 9.09. The Morgan fingerprint density at radius 1 is 1.10 bits per heavy atom. The van der Waals surface area contributed by atoms with Crippen LogP contribution >= 0.6 is 11.6 Å². The predicted molar refractivity (Wildman–Crippen MR) is 215 cm³/mol. The van der Waals surface area contributed by atoms with Gasteiger partial charge >= 0.3 is 5.97 Å². The number of aliphatic carboxylic acids is 1. The van der Waals surface area contributed by atoms with Crippen molar-refractivity contribution in [1.82, 2.24) is 10.2 Å². The monoisotopic (exact) mass is 713 g/mol. The maximum Gasteiger partial charge on any atom is 0.317 e. The molecule has 50 heavy (non-hydrogen) atoms. The minimum Gasteiger partial charge on any atom is -0.480 e. The number of carbonyl (C=O) groups excluding carboxylic acids is 2. The van der Waals surface area contributed by atoms with Crippen molar-refractivity contribution in [3.63, 3.8) is 0 Å². The summed E-state index contributed by atoms with van der Waals surface area (Å²) in [6, 6.07) is 10.3. The molecule has 0 saturated heterocycles. The first kappa shape index (κ1) is 48.8. The van der Waals surface area contributed by atoms with Crippen molar-refractivity contribution < 1.29 is 19.5 Å². The van der Waals surface area contributed by atoms with Crippen LogP contribution in [0, 0.1) is 23.7 Å². The van der Waals surface area contributed by atoms with E-state index in [2.05, 4.69) is 112 Å². The van der Waals surface area contributed by atoms with Gasteiger partial charge in [0.2, 0.25) is 0 Å². The Kier molecular flexibility index (Phi) is 22.7. The molecule has 0 aromatic heterocycles. The van der Waals surface area contributed by atoms with Gasteiger partial charge in [0.05, 0.1) is 6.54 Å². The lowest BCUT2D eigenvalue weighted by molar-refractivity contribution is -0.136. The van der Waals surface area contributed by atoms with Crippen LogP contribution < -0.4 is 5.32 Å². The standard InChI is InChI=1S/C31H51ClN2O.C7H8.C3H7NO2.CH2O/c1-14-21(2)20-26(32)24(5)25(6)27-28(35)34(23(4)17-19-29(7,8)9)31(13,33-27)18-15-16-22(3)30(10,11)12;1-7-5-3-2-4-6-7;1-4-2-3(5)6;1-2/h15,18,20,22-23H,6,14,16-17,19H2,1-5,7-13H3;2-6H,1H3;4H,2H2,1H3,(H,5,6);1H2/b18-15?,21-20+,26-24+;;;/t22?,23-,31?;;;/m0.../s1. The second-order valence-electron chi connectivity index (χ2n) is 15.5. The van der Waals surface area contributed by atoms with Crippen LogP contribution in [0.25, 0.3) is 0 Å². The summed E-state index contributed by atoms with van der Waals surface area (Å²) in [5, 5.41) is 10.9. The number of aryl methyl sites for hydroxylation is 1. The molecular weight excluding hydrogens is 646 g/mol. The van der Waals surface area contributed by atoms with Gasteiger partial charge in [-0.1, -0.05) is 121 Å². The lowest BCUT2D eigenvalue weighted by atomic mass is 9.80. The number of benzene rings is 1. The van der Waals surface area contributed by atoms with E-state index in [1.54, 1.807) is 7.05 Å². The summed E-state index contributed by atoms with van der Waals surface area (Å²) in [6.45, 7) is 34.4. The van der Waals surface area contributed by atoms with E-state index in [1.165, 1.54) is 11.1 Å². The first-order chi connectivity index (χ1) is 23.0. The van der Waals surface area contributed by atoms with E-state index in [9.17, 15) is 9.59 Å². The second-order valence-corrected chi connectivity index (χ2v) is 15.9. The molecular formula is C42H68ClN3O4. The Balaban J connectivity index is 0. The molecule has 0 spiro atoms. The first-order valence-corrected chi connectivity index (χ1v) is 17.9. The predicted octanol–water partition coefficient (Wildman–Crippen LogP) is 10.4. The number of amides is 1. The van der Waals surface area contributed by atoms with Crippen molar-refractivity contribution >= 4 is 36.0 Å². The first-order valence-electron chi connectivity index (χ1n) is 17.5. The SMILES string of the molecule is C=C(C1=NC(C)(C=CCC(C)C(C)(C)C)N([C@@H](C)CCC(C)(C)C)C1=O)/C(C)=C(Cl)\C=C(/C)CC.C=O.CNCC(=O)O.Cc1ccccc1. The minimum absolute atomic E-state index is 0.0417. The van der Waals surface area contributed by atoms with Crippen LogP contribution in [-0.2, 0) is 14.4 Å². The number of carbonyl (C=O) groups is 3. The van der Waals surface area contributed by atoms with Crippen LogP contribution in [0.15, 0.2) is 81.9 Å². The molecule has 2 rings (SSSR count). The maximum absolute atomic E-state index is 13.8. The highest BCUT2D eigenvalue weighted by Crippen LogP contribution is 2.36. The summed E-state index contributed by atoms with van der Waals surface area (Å²) in [7, 11) is 1.59. The molecule has 1 aliphatic heterocycles. The fraction of sp³-hybridized carbons (Fsp3) is 0.571. The molecule has 1 aromatic rings. The van der Waals surface area contributed by atoms with Gasteiger partial charge in [0.15, 0.2) is 5.66 Å². The average Bonchev–Trinajstić information content (AvgIpc) is 3.29. The summed E-state index contributed by atoms with van der Waals surface area (Å²) in [5.41, 5.74) is 4.00. The minimum atomic E-state index is -0.822. The molecule has 2 N–H and O–H groups in total. The smallest absolute Gasteiger partial charge is 0.317 e. The number of hydrogen-bond acceptors (Lipinski definition) is 5. The molecule has 0 fully saturated rings. The Bertz CT molecular complexity index is 1330.